The van der Waals surface area contributed by atoms with Gasteiger partial charge in [-0.2, -0.15) is 0 Å². The molecule has 0 aliphatic rings. The summed E-state index contributed by atoms with van der Waals surface area (Å²) in [6, 6.07) is 15.4. The summed E-state index contributed by atoms with van der Waals surface area (Å²) in [5.41, 5.74) is 1.32. The fourth-order valence-electron chi connectivity index (χ4n) is 2.60. The molecule has 0 spiro atoms. The average molecular weight is 484 g/mol. The number of ketones is 1. The van der Waals surface area contributed by atoms with Crippen molar-refractivity contribution in [2.24, 2.45) is 5.41 Å². The summed E-state index contributed by atoms with van der Waals surface area (Å²) in [6.45, 7) is 8.09. The SMILES string of the molecule is Cc1ccc(S(=O)(=O)C(CC(I)C(C)(C)C)C(=O)c2ccccc2)cc1. The maximum atomic E-state index is 13.3. The van der Waals surface area contributed by atoms with Crippen LogP contribution in [-0.4, -0.2) is 23.4 Å². The van der Waals surface area contributed by atoms with Crippen molar-refractivity contribution in [3.63, 3.8) is 0 Å². The number of carbonyl (C=O) groups is 1. The lowest BCUT2D eigenvalue weighted by Crippen LogP contribution is -2.36. The Labute approximate surface area is 170 Å². The third kappa shape index (κ3) is 4.94. The van der Waals surface area contributed by atoms with Gasteiger partial charge in [0.1, 0.15) is 5.25 Å². The van der Waals surface area contributed by atoms with Crippen LogP contribution in [0.2, 0.25) is 0 Å². The van der Waals surface area contributed by atoms with E-state index in [0.29, 0.717) is 5.56 Å². The lowest BCUT2D eigenvalue weighted by Gasteiger charge is -2.29. The van der Waals surface area contributed by atoms with Gasteiger partial charge in [0.2, 0.25) is 0 Å². The Bertz CT molecular complexity index is 850. The highest BCUT2D eigenvalue weighted by Crippen LogP contribution is 2.34. The third-order valence-corrected chi connectivity index (χ3v) is 8.90. The van der Waals surface area contributed by atoms with E-state index in [0.717, 1.165) is 5.56 Å². The number of hydrogen-bond donors (Lipinski definition) is 0. The molecular formula is C21H25IO3S. The summed E-state index contributed by atoms with van der Waals surface area (Å²) in [5, 5.41) is -1.09. The Balaban J connectivity index is 2.49. The molecule has 0 aliphatic carbocycles. The number of carbonyl (C=O) groups excluding carboxylic acids is 1. The highest BCUT2D eigenvalue weighted by molar-refractivity contribution is 14.1. The Morgan fingerprint density at radius 1 is 1.00 bits per heavy atom. The summed E-state index contributed by atoms with van der Waals surface area (Å²) in [6.07, 6.45) is 0.286. The van der Waals surface area contributed by atoms with Crippen molar-refractivity contribution < 1.29 is 13.2 Å². The van der Waals surface area contributed by atoms with Gasteiger partial charge in [0, 0.05) is 9.49 Å². The zero-order chi connectivity index (χ0) is 19.5. The number of halogens is 1. The third-order valence-electron chi connectivity index (χ3n) is 4.44. The smallest absolute Gasteiger partial charge is 0.188 e. The number of Topliss-reactive ketones (excluding diaryl/α,β-unsaturated/α-hetero) is 1. The van der Waals surface area contributed by atoms with Gasteiger partial charge in [-0.15, -0.1) is 0 Å². The van der Waals surface area contributed by atoms with E-state index in [1.165, 1.54) is 0 Å². The first-order valence-electron chi connectivity index (χ1n) is 8.57. The maximum absolute atomic E-state index is 13.3. The van der Waals surface area contributed by atoms with Crippen LogP contribution in [-0.2, 0) is 9.84 Å². The maximum Gasteiger partial charge on any atom is 0.188 e. The largest absolute Gasteiger partial charge is 0.293 e. The molecule has 140 valence electrons. The van der Waals surface area contributed by atoms with Crippen LogP contribution < -0.4 is 0 Å². The monoisotopic (exact) mass is 484 g/mol. The first-order chi connectivity index (χ1) is 12.0. The van der Waals surface area contributed by atoms with Crippen LogP contribution in [0.3, 0.4) is 0 Å². The minimum Gasteiger partial charge on any atom is -0.293 e. The van der Waals surface area contributed by atoms with Crippen LogP contribution in [0, 0.1) is 12.3 Å². The van der Waals surface area contributed by atoms with Crippen molar-refractivity contribution in [3.05, 3.63) is 65.7 Å². The number of hydrogen-bond acceptors (Lipinski definition) is 3. The van der Waals surface area contributed by atoms with E-state index >= 15 is 0 Å². The molecular weight excluding hydrogens is 459 g/mol. The number of aryl methyl sites for hydroxylation is 1. The van der Waals surface area contributed by atoms with Crippen molar-refractivity contribution in [2.45, 2.75) is 48.2 Å². The van der Waals surface area contributed by atoms with Crippen LogP contribution in [0.1, 0.15) is 43.1 Å². The Morgan fingerprint density at radius 3 is 2.04 bits per heavy atom. The van der Waals surface area contributed by atoms with Gasteiger partial charge in [0.15, 0.2) is 15.6 Å². The lowest BCUT2D eigenvalue weighted by molar-refractivity contribution is 0.0981. The molecule has 0 fully saturated rings. The fourth-order valence-corrected chi connectivity index (χ4v) is 5.16. The predicted molar refractivity (Wildman–Crippen MR) is 115 cm³/mol. The second kappa shape index (κ2) is 8.21. The number of benzene rings is 2. The molecule has 0 aromatic heterocycles. The second-order valence-corrected chi connectivity index (χ2v) is 11.3. The molecule has 0 saturated heterocycles. The summed E-state index contributed by atoms with van der Waals surface area (Å²) in [5.74, 6) is -0.336. The van der Waals surface area contributed by atoms with E-state index < -0.39 is 15.1 Å². The Kier molecular flexibility index (Phi) is 6.66. The standard InChI is InChI=1S/C21H25IO3S/c1-15-10-12-17(13-11-15)26(24,25)18(14-19(22)21(2,3)4)20(23)16-8-6-5-7-9-16/h5-13,18-19H,14H2,1-4H3. The quantitative estimate of drug-likeness (QED) is 0.319. The molecule has 2 unspecified atom stereocenters. The van der Waals surface area contributed by atoms with Gasteiger partial charge in [-0.25, -0.2) is 8.42 Å². The molecule has 3 nitrogen and oxygen atoms in total. The van der Waals surface area contributed by atoms with Crippen LogP contribution in [0.25, 0.3) is 0 Å². The van der Waals surface area contributed by atoms with Crippen molar-refractivity contribution in [1.29, 1.82) is 0 Å². The molecule has 0 radical (unpaired) electrons. The lowest BCUT2D eigenvalue weighted by atomic mass is 9.88. The van der Waals surface area contributed by atoms with Crippen molar-refractivity contribution in [2.75, 3.05) is 0 Å². The van der Waals surface area contributed by atoms with Crippen molar-refractivity contribution >= 4 is 38.2 Å². The van der Waals surface area contributed by atoms with Crippen molar-refractivity contribution in [3.8, 4) is 0 Å². The highest BCUT2D eigenvalue weighted by Gasteiger charge is 2.38. The molecule has 2 aromatic carbocycles. The fraction of sp³-hybridized carbons (Fsp3) is 0.381. The summed E-state index contributed by atoms with van der Waals surface area (Å²) in [4.78, 5) is 13.3. The number of rotatable bonds is 6. The van der Waals surface area contributed by atoms with Crippen LogP contribution >= 0.6 is 22.6 Å². The molecule has 0 saturated carbocycles. The molecule has 0 N–H and O–H groups in total. The van der Waals surface area contributed by atoms with E-state index in [1.807, 2.05) is 13.0 Å². The minimum atomic E-state index is -3.77. The van der Waals surface area contributed by atoms with Gasteiger partial charge >= 0.3 is 0 Å². The van der Waals surface area contributed by atoms with Crippen molar-refractivity contribution in [1.82, 2.24) is 0 Å². The first kappa shape index (κ1) is 21.1. The van der Waals surface area contributed by atoms with E-state index in [-0.39, 0.29) is 26.4 Å². The Morgan fingerprint density at radius 2 is 1.54 bits per heavy atom. The topological polar surface area (TPSA) is 51.2 Å². The van der Waals surface area contributed by atoms with Crippen LogP contribution in [0.5, 0.6) is 0 Å². The van der Waals surface area contributed by atoms with E-state index in [4.69, 9.17) is 0 Å². The average Bonchev–Trinajstić information content (AvgIpc) is 2.59. The van der Waals surface area contributed by atoms with E-state index in [2.05, 4.69) is 43.4 Å². The van der Waals surface area contributed by atoms with Gasteiger partial charge in [-0.3, -0.25) is 4.79 Å². The second-order valence-electron chi connectivity index (χ2n) is 7.65. The summed E-state index contributed by atoms with van der Waals surface area (Å²) >= 11 is 2.26. The molecule has 5 heteroatoms. The summed E-state index contributed by atoms with van der Waals surface area (Å²) < 4.78 is 26.6. The van der Waals surface area contributed by atoms with Gasteiger partial charge in [0.05, 0.1) is 4.90 Å². The highest BCUT2D eigenvalue weighted by atomic mass is 127. The van der Waals surface area contributed by atoms with Gasteiger partial charge in [-0.1, -0.05) is 91.4 Å². The van der Waals surface area contributed by atoms with Gasteiger partial charge < -0.3 is 0 Å². The first-order valence-corrected chi connectivity index (χ1v) is 11.4. The molecule has 0 amide bonds. The molecule has 0 bridgehead atoms. The Hall–Kier alpha value is -1.21. The zero-order valence-corrected chi connectivity index (χ0v) is 18.5. The predicted octanol–water partition coefficient (Wildman–Crippen LogP) is 5.26. The molecule has 0 aliphatic heterocycles. The minimum absolute atomic E-state index is 0.0398. The normalized spacial score (nSPS) is 14.7. The van der Waals surface area contributed by atoms with E-state index in [9.17, 15) is 13.2 Å². The van der Waals surface area contributed by atoms with E-state index in [1.54, 1.807) is 48.5 Å². The zero-order valence-electron chi connectivity index (χ0n) is 15.6. The van der Waals surface area contributed by atoms with Crippen LogP contribution in [0.15, 0.2) is 59.5 Å². The van der Waals surface area contributed by atoms with Gasteiger partial charge in [-0.05, 0) is 30.9 Å². The number of sulfone groups is 1. The molecule has 0 heterocycles. The molecule has 2 rings (SSSR count). The molecule has 2 aromatic rings. The molecule has 2 atom stereocenters. The van der Waals surface area contributed by atoms with Gasteiger partial charge in [0.25, 0.3) is 0 Å². The van der Waals surface area contributed by atoms with Crippen LogP contribution in [0.4, 0.5) is 0 Å². The number of alkyl halides is 1. The molecule has 26 heavy (non-hydrogen) atoms. The summed E-state index contributed by atoms with van der Waals surface area (Å²) in [7, 11) is -3.77.